The van der Waals surface area contributed by atoms with Crippen LogP contribution in [0.1, 0.15) is 16.1 Å². The third kappa shape index (κ3) is 4.26. The number of carbonyl (C=O) groups excluding carboxylic acids is 2. The Labute approximate surface area is 132 Å². The number of halogens is 1. The molecule has 0 atom stereocenters. The Morgan fingerprint density at radius 2 is 2.00 bits per heavy atom. The van der Waals surface area contributed by atoms with Crippen LogP contribution in [0.2, 0.25) is 0 Å². The SMILES string of the molecule is COC(=O)c1cc(NC(=O)Cc2cc(F)ccc2OC)ccn1. The largest absolute Gasteiger partial charge is 0.496 e. The van der Waals surface area contributed by atoms with Crippen LogP contribution in [-0.2, 0) is 16.0 Å². The molecule has 0 aliphatic heterocycles. The first kappa shape index (κ1) is 16.4. The number of nitrogens with zero attached hydrogens (tertiary/aromatic N) is 1. The van der Waals surface area contributed by atoms with Gasteiger partial charge >= 0.3 is 5.97 Å². The van der Waals surface area contributed by atoms with Gasteiger partial charge in [0, 0.05) is 17.4 Å². The number of hydrogen-bond acceptors (Lipinski definition) is 5. The van der Waals surface area contributed by atoms with E-state index < -0.39 is 11.8 Å². The van der Waals surface area contributed by atoms with Gasteiger partial charge in [-0.15, -0.1) is 0 Å². The smallest absolute Gasteiger partial charge is 0.356 e. The van der Waals surface area contributed by atoms with Gasteiger partial charge in [-0.3, -0.25) is 4.79 Å². The molecule has 0 aliphatic rings. The van der Waals surface area contributed by atoms with E-state index in [4.69, 9.17) is 4.74 Å². The van der Waals surface area contributed by atoms with E-state index in [1.165, 1.54) is 50.7 Å². The molecule has 1 aromatic carbocycles. The zero-order valence-corrected chi connectivity index (χ0v) is 12.6. The van der Waals surface area contributed by atoms with Crippen LogP contribution >= 0.6 is 0 Å². The molecule has 1 aromatic heterocycles. The number of pyridine rings is 1. The number of methoxy groups -OCH3 is 2. The molecule has 0 radical (unpaired) electrons. The molecular formula is C16H15FN2O4. The second-order valence-corrected chi connectivity index (χ2v) is 4.60. The molecule has 7 heteroatoms. The Morgan fingerprint density at radius 1 is 1.22 bits per heavy atom. The maximum atomic E-state index is 13.3. The topological polar surface area (TPSA) is 77.5 Å². The normalized spacial score (nSPS) is 10.0. The summed E-state index contributed by atoms with van der Waals surface area (Å²) in [6, 6.07) is 6.88. The molecular weight excluding hydrogens is 303 g/mol. The molecule has 1 amide bonds. The lowest BCUT2D eigenvalue weighted by Gasteiger charge is -2.09. The number of nitrogens with one attached hydrogen (secondary N) is 1. The summed E-state index contributed by atoms with van der Waals surface area (Å²) in [7, 11) is 2.69. The molecule has 23 heavy (non-hydrogen) atoms. The highest BCUT2D eigenvalue weighted by Gasteiger charge is 2.12. The lowest BCUT2D eigenvalue weighted by atomic mass is 10.1. The summed E-state index contributed by atoms with van der Waals surface area (Å²) >= 11 is 0. The van der Waals surface area contributed by atoms with Crippen molar-refractivity contribution in [2.45, 2.75) is 6.42 Å². The van der Waals surface area contributed by atoms with E-state index in [1.807, 2.05) is 0 Å². The van der Waals surface area contributed by atoms with E-state index in [-0.39, 0.29) is 18.0 Å². The fraction of sp³-hybridized carbons (Fsp3) is 0.188. The van der Waals surface area contributed by atoms with Crippen LogP contribution in [0.15, 0.2) is 36.5 Å². The average molecular weight is 318 g/mol. The second-order valence-electron chi connectivity index (χ2n) is 4.60. The van der Waals surface area contributed by atoms with Crippen molar-refractivity contribution < 1.29 is 23.5 Å². The summed E-state index contributed by atoms with van der Waals surface area (Å²) in [6.07, 6.45) is 1.31. The van der Waals surface area contributed by atoms with Crippen molar-refractivity contribution in [3.63, 3.8) is 0 Å². The van der Waals surface area contributed by atoms with Crippen molar-refractivity contribution >= 4 is 17.6 Å². The van der Waals surface area contributed by atoms with Crippen LogP contribution in [-0.4, -0.2) is 31.1 Å². The molecule has 0 bridgehead atoms. The minimum absolute atomic E-state index is 0.0726. The Balaban J connectivity index is 2.11. The highest BCUT2D eigenvalue weighted by molar-refractivity contribution is 5.94. The predicted molar refractivity (Wildman–Crippen MR) is 80.9 cm³/mol. The zero-order valence-electron chi connectivity index (χ0n) is 12.6. The van der Waals surface area contributed by atoms with Gasteiger partial charge < -0.3 is 14.8 Å². The van der Waals surface area contributed by atoms with Crippen LogP contribution in [0.25, 0.3) is 0 Å². The fourth-order valence-electron chi connectivity index (χ4n) is 1.99. The van der Waals surface area contributed by atoms with Crippen molar-refractivity contribution in [2.24, 2.45) is 0 Å². The molecule has 0 saturated heterocycles. The molecule has 0 spiro atoms. The average Bonchev–Trinajstić information content (AvgIpc) is 2.54. The lowest BCUT2D eigenvalue weighted by Crippen LogP contribution is -2.16. The number of ether oxygens (including phenoxy) is 2. The van der Waals surface area contributed by atoms with E-state index in [0.29, 0.717) is 17.0 Å². The van der Waals surface area contributed by atoms with E-state index in [0.717, 1.165) is 0 Å². The van der Waals surface area contributed by atoms with Crippen molar-refractivity contribution in [3.05, 3.63) is 53.6 Å². The van der Waals surface area contributed by atoms with E-state index >= 15 is 0 Å². The maximum Gasteiger partial charge on any atom is 0.356 e. The van der Waals surface area contributed by atoms with Crippen molar-refractivity contribution in [1.29, 1.82) is 0 Å². The van der Waals surface area contributed by atoms with Gasteiger partial charge in [0.1, 0.15) is 17.3 Å². The molecule has 0 saturated carbocycles. The Hall–Kier alpha value is -2.96. The van der Waals surface area contributed by atoms with Gasteiger partial charge in [0.15, 0.2) is 0 Å². The Bertz CT molecular complexity index is 734. The van der Waals surface area contributed by atoms with Crippen LogP contribution < -0.4 is 10.1 Å². The quantitative estimate of drug-likeness (QED) is 0.855. The summed E-state index contributed by atoms with van der Waals surface area (Å²) < 4.78 is 23.0. The molecule has 6 nitrogen and oxygen atoms in total. The molecule has 0 aliphatic carbocycles. The molecule has 2 aromatic rings. The van der Waals surface area contributed by atoms with Gasteiger partial charge in [-0.1, -0.05) is 0 Å². The van der Waals surface area contributed by atoms with Gasteiger partial charge in [-0.05, 0) is 30.3 Å². The van der Waals surface area contributed by atoms with Crippen LogP contribution in [0.5, 0.6) is 5.75 Å². The first-order valence-electron chi connectivity index (χ1n) is 6.70. The monoisotopic (exact) mass is 318 g/mol. The molecule has 0 fully saturated rings. The summed E-state index contributed by atoms with van der Waals surface area (Å²) in [6.45, 7) is 0. The summed E-state index contributed by atoms with van der Waals surface area (Å²) in [4.78, 5) is 27.3. The van der Waals surface area contributed by atoms with Crippen molar-refractivity contribution in [2.75, 3.05) is 19.5 Å². The van der Waals surface area contributed by atoms with E-state index in [2.05, 4.69) is 15.0 Å². The molecule has 1 N–H and O–H groups in total. The van der Waals surface area contributed by atoms with Crippen LogP contribution in [0, 0.1) is 5.82 Å². The summed E-state index contributed by atoms with van der Waals surface area (Å²) in [5.41, 5.74) is 0.890. The third-order valence-electron chi connectivity index (χ3n) is 3.03. The highest BCUT2D eigenvalue weighted by Crippen LogP contribution is 2.20. The van der Waals surface area contributed by atoms with Crippen LogP contribution in [0.3, 0.4) is 0 Å². The summed E-state index contributed by atoms with van der Waals surface area (Å²) in [5.74, 6) is -1.01. The third-order valence-corrected chi connectivity index (χ3v) is 3.03. The van der Waals surface area contributed by atoms with Gasteiger partial charge in [0.2, 0.25) is 5.91 Å². The lowest BCUT2D eigenvalue weighted by molar-refractivity contribution is -0.115. The minimum atomic E-state index is -0.604. The number of benzene rings is 1. The van der Waals surface area contributed by atoms with Gasteiger partial charge in [-0.25, -0.2) is 14.2 Å². The predicted octanol–water partition coefficient (Wildman–Crippen LogP) is 2.20. The molecule has 2 rings (SSSR count). The highest BCUT2D eigenvalue weighted by atomic mass is 19.1. The number of anilines is 1. The number of esters is 1. The standard InChI is InChI=1S/C16H15FN2O4/c1-22-14-4-3-11(17)7-10(14)8-15(20)19-12-5-6-18-13(9-12)16(21)23-2/h3-7,9H,8H2,1-2H3,(H,18,19,20). The summed E-state index contributed by atoms with van der Waals surface area (Å²) in [5, 5.41) is 2.62. The molecule has 0 unspecified atom stereocenters. The zero-order chi connectivity index (χ0) is 16.8. The Morgan fingerprint density at radius 3 is 2.70 bits per heavy atom. The molecule has 120 valence electrons. The second kappa shape index (κ2) is 7.35. The first-order valence-corrected chi connectivity index (χ1v) is 6.70. The minimum Gasteiger partial charge on any atom is -0.496 e. The molecule has 1 heterocycles. The number of aromatic nitrogens is 1. The van der Waals surface area contributed by atoms with E-state index in [9.17, 15) is 14.0 Å². The fourth-order valence-corrected chi connectivity index (χ4v) is 1.99. The van der Waals surface area contributed by atoms with Crippen molar-refractivity contribution in [1.82, 2.24) is 4.98 Å². The maximum absolute atomic E-state index is 13.3. The number of amides is 1. The Kier molecular flexibility index (Phi) is 5.24. The van der Waals surface area contributed by atoms with E-state index in [1.54, 1.807) is 0 Å². The number of carbonyl (C=O) groups is 2. The van der Waals surface area contributed by atoms with Crippen LogP contribution in [0.4, 0.5) is 10.1 Å². The first-order chi connectivity index (χ1) is 11.0. The van der Waals surface area contributed by atoms with Crippen molar-refractivity contribution in [3.8, 4) is 5.75 Å². The van der Waals surface area contributed by atoms with Gasteiger partial charge in [0.25, 0.3) is 0 Å². The van der Waals surface area contributed by atoms with Gasteiger partial charge in [-0.2, -0.15) is 0 Å². The van der Waals surface area contributed by atoms with Gasteiger partial charge in [0.05, 0.1) is 20.6 Å². The number of hydrogen-bond donors (Lipinski definition) is 1. The number of rotatable bonds is 5.